The molecule has 0 aliphatic rings. The van der Waals surface area contributed by atoms with E-state index in [0.29, 0.717) is 10.3 Å². The van der Waals surface area contributed by atoms with Crippen LogP contribution in [0, 0.1) is 11.8 Å². The molecule has 0 saturated heterocycles. The van der Waals surface area contributed by atoms with E-state index in [9.17, 15) is 13.5 Å². The summed E-state index contributed by atoms with van der Waals surface area (Å²) in [6.45, 7) is 6.11. The molecule has 0 aliphatic carbocycles. The first kappa shape index (κ1) is 20.9. The van der Waals surface area contributed by atoms with Crippen LogP contribution in [0.1, 0.15) is 52.9 Å². The predicted molar refractivity (Wildman–Crippen MR) is 97.6 cm³/mol. The van der Waals surface area contributed by atoms with Gasteiger partial charge in [0, 0.05) is 6.04 Å². The van der Waals surface area contributed by atoms with Crippen LogP contribution in [0.25, 0.3) is 0 Å². The predicted octanol–water partition coefficient (Wildman–Crippen LogP) is 4.28. The standard InChI is InChI=1S/C16H28ClNO3S2/c1-4-5-6-7-8-13(12(2)3)14(11-19)18-23(20,21)16-10-9-15(17)22-16/h9-10,12-14,18-19H,4-8,11H2,1-3H3/t13-,14-/m1/s1. The summed E-state index contributed by atoms with van der Waals surface area (Å²) >= 11 is 6.85. The maximum Gasteiger partial charge on any atom is 0.250 e. The van der Waals surface area contributed by atoms with Gasteiger partial charge >= 0.3 is 0 Å². The maximum absolute atomic E-state index is 12.4. The van der Waals surface area contributed by atoms with E-state index in [1.165, 1.54) is 18.9 Å². The number of hydrogen-bond donors (Lipinski definition) is 2. The van der Waals surface area contributed by atoms with Crippen LogP contribution in [0.4, 0.5) is 0 Å². The second-order valence-corrected chi connectivity index (χ2v) is 9.88. The van der Waals surface area contributed by atoms with E-state index in [-0.39, 0.29) is 16.7 Å². The minimum Gasteiger partial charge on any atom is -0.395 e. The summed E-state index contributed by atoms with van der Waals surface area (Å²) in [5.41, 5.74) is 0. The lowest BCUT2D eigenvalue weighted by Crippen LogP contribution is -2.44. The zero-order valence-corrected chi connectivity index (χ0v) is 16.5. The lowest BCUT2D eigenvalue weighted by Gasteiger charge is -2.29. The van der Waals surface area contributed by atoms with Crippen LogP contribution in [0.2, 0.25) is 4.34 Å². The molecule has 1 heterocycles. The van der Waals surface area contributed by atoms with Crippen LogP contribution in [-0.2, 0) is 10.0 Å². The third-order valence-electron chi connectivity index (χ3n) is 4.08. The summed E-state index contributed by atoms with van der Waals surface area (Å²) in [5.74, 6) is 0.408. The van der Waals surface area contributed by atoms with Gasteiger partial charge in [0.25, 0.3) is 0 Å². The third-order valence-corrected chi connectivity index (χ3v) is 7.29. The molecule has 0 aliphatic heterocycles. The molecule has 7 heteroatoms. The van der Waals surface area contributed by atoms with Crippen LogP contribution >= 0.6 is 22.9 Å². The fraction of sp³-hybridized carbons (Fsp3) is 0.750. The van der Waals surface area contributed by atoms with Gasteiger partial charge in [0.1, 0.15) is 4.21 Å². The minimum absolute atomic E-state index is 0.113. The highest BCUT2D eigenvalue weighted by Crippen LogP contribution is 2.28. The highest BCUT2D eigenvalue weighted by molar-refractivity contribution is 7.91. The molecule has 0 unspecified atom stereocenters. The SMILES string of the molecule is CCCCCC[C@H](C(C)C)[C@@H](CO)NS(=O)(=O)c1ccc(Cl)s1. The molecule has 1 aromatic heterocycles. The average molecular weight is 382 g/mol. The molecule has 0 fully saturated rings. The smallest absolute Gasteiger partial charge is 0.250 e. The Morgan fingerprint density at radius 1 is 1.26 bits per heavy atom. The number of thiophene rings is 1. The number of aliphatic hydroxyl groups excluding tert-OH is 1. The van der Waals surface area contributed by atoms with Gasteiger partial charge in [-0.05, 0) is 30.4 Å². The molecule has 1 rings (SSSR count). The summed E-state index contributed by atoms with van der Waals surface area (Å²) in [6, 6.07) is 2.59. The zero-order chi connectivity index (χ0) is 17.5. The fourth-order valence-electron chi connectivity index (χ4n) is 2.77. The Labute approximate surface area is 149 Å². The number of nitrogens with one attached hydrogen (secondary N) is 1. The van der Waals surface area contributed by atoms with Crippen molar-refractivity contribution in [3.63, 3.8) is 0 Å². The highest BCUT2D eigenvalue weighted by atomic mass is 35.5. The molecule has 2 N–H and O–H groups in total. The molecular formula is C16H28ClNO3S2. The van der Waals surface area contributed by atoms with Crippen molar-refractivity contribution < 1.29 is 13.5 Å². The first-order valence-corrected chi connectivity index (χ1v) is 10.9. The minimum atomic E-state index is -3.64. The van der Waals surface area contributed by atoms with Crippen molar-refractivity contribution in [2.75, 3.05) is 6.61 Å². The Morgan fingerprint density at radius 2 is 1.96 bits per heavy atom. The van der Waals surface area contributed by atoms with E-state index in [0.717, 1.165) is 30.6 Å². The first-order chi connectivity index (χ1) is 10.8. The lowest BCUT2D eigenvalue weighted by atomic mass is 9.84. The van der Waals surface area contributed by atoms with Crippen LogP contribution in [0.15, 0.2) is 16.3 Å². The van der Waals surface area contributed by atoms with Gasteiger partial charge in [-0.1, -0.05) is 58.1 Å². The van der Waals surface area contributed by atoms with Crippen LogP contribution in [0.5, 0.6) is 0 Å². The van der Waals surface area contributed by atoms with Crippen LogP contribution in [0.3, 0.4) is 0 Å². The molecule has 0 radical (unpaired) electrons. The van der Waals surface area contributed by atoms with Crippen LogP contribution in [-0.4, -0.2) is 26.2 Å². The van der Waals surface area contributed by atoms with E-state index in [1.54, 1.807) is 6.07 Å². The molecule has 0 spiro atoms. The van der Waals surface area contributed by atoms with Gasteiger partial charge in [0.2, 0.25) is 10.0 Å². The Hall–Kier alpha value is -0.140. The summed E-state index contributed by atoms with van der Waals surface area (Å²) < 4.78 is 28.2. The number of rotatable bonds is 11. The van der Waals surface area contributed by atoms with Crippen molar-refractivity contribution in [1.82, 2.24) is 4.72 Å². The Kier molecular flexibility index (Phi) is 9.08. The maximum atomic E-state index is 12.4. The molecular weight excluding hydrogens is 354 g/mol. The first-order valence-electron chi connectivity index (χ1n) is 8.20. The Balaban J connectivity index is 2.78. The number of halogens is 1. The quantitative estimate of drug-likeness (QED) is 0.562. The van der Waals surface area contributed by atoms with Crippen molar-refractivity contribution in [2.45, 2.75) is 63.1 Å². The number of unbranched alkanes of at least 4 members (excludes halogenated alkanes) is 3. The molecule has 0 aromatic carbocycles. The van der Waals surface area contributed by atoms with E-state index in [2.05, 4.69) is 25.5 Å². The van der Waals surface area contributed by atoms with E-state index >= 15 is 0 Å². The van der Waals surface area contributed by atoms with Gasteiger partial charge in [-0.3, -0.25) is 0 Å². The second kappa shape index (κ2) is 9.99. The Morgan fingerprint density at radius 3 is 2.43 bits per heavy atom. The van der Waals surface area contributed by atoms with Crippen molar-refractivity contribution in [1.29, 1.82) is 0 Å². The van der Waals surface area contributed by atoms with Crippen molar-refractivity contribution in [3.8, 4) is 0 Å². The summed E-state index contributed by atoms with van der Waals surface area (Å²) in [6.07, 6.45) is 5.47. The van der Waals surface area contributed by atoms with Crippen molar-refractivity contribution >= 4 is 33.0 Å². The van der Waals surface area contributed by atoms with E-state index < -0.39 is 16.1 Å². The largest absolute Gasteiger partial charge is 0.395 e. The van der Waals surface area contributed by atoms with Gasteiger partial charge in [-0.2, -0.15) is 0 Å². The monoisotopic (exact) mass is 381 g/mol. The van der Waals surface area contributed by atoms with Crippen molar-refractivity contribution in [3.05, 3.63) is 16.5 Å². The normalized spacial score (nSPS) is 15.0. The van der Waals surface area contributed by atoms with Gasteiger partial charge in [-0.25, -0.2) is 13.1 Å². The molecule has 0 bridgehead atoms. The molecule has 23 heavy (non-hydrogen) atoms. The van der Waals surface area contributed by atoms with Gasteiger partial charge in [0.15, 0.2) is 0 Å². The van der Waals surface area contributed by atoms with Gasteiger partial charge < -0.3 is 5.11 Å². The zero-order valence-electron chi connectivity index (χ0n) is 14.1. The average Bonchev–Trinajstić information content (AvgIpc) is 2.92. The lowest BCUT2D eigenvalue weighted by molar-refractivity contribution is 0.177. The highest BCUT2D eigenvalue weighted by Gasteiger charge is 2.29. The van der Waals surface area contributed by atoms with E-state index in [4.69, 9.17) is 11.6 Å². The van der Waals surface area contributed by atoms with E-state index in [1.807, 2.05) is 0 Å². The summed E-state index contributed by atoms with van der Waals surface area (Å²) in [5, 5.41) is 9.71. The fourth-order valence-corrected chi connectivity index (χ4v) is 5.54. The summed E-state index contributed by atoms with van der Waals surface area (Å²) in [7, 11) is -3.64. The molecule has 134 valence electrons. The second-order valence-electron chi connectivity index (χ2n) is 6.23. The topological polar surface area (TPSA) is 66.4 Å². The van der Waals surface area contributed by atoms with Gasteiger partial charge in [0.05, 0.1) is 10.9 Å². The molecule has 0 saturated carbocycles. The Bertz CT molecular complexity index is 557. The molecule has 1 aromatic rings. The molecule has 0 amide bonds. The number of aliphatic hydroxyl groups is 1. The third kappa shape index (κ3) is 6.70. The summed E-state index contributed by atoms with van der Waals surface area (Å²) in [4.78, 5) is 0. The van der Waals surface area contributed by atoms with Gasteiger partial charge in [-0.15, -0.1) is 11.3 Å². The number of hydrogen-bond acceptors (Lipinski definition) is 4. The van der Waals surface area contributed by atoms with Crippen LogP contribution < -0.4 is 4.72 Å². The molecule has 4 nitrogen and oxygen atoms in total. The van der Waals surface area contributed by atoms with Crippen molar-refractivity contribution in [2.24, 2.45) is 11.8 Å². The number of sulfonamides is 1. The molecule has 2 atom stereocenters.